The fourth-order valence-electron chi connectivity index (χ4n) is 1.45. The zero-order valence-electron chi connectivity index (χ0n) is 9.81. The number of ether oxygens (including phenoxy) is 1. The number of aliphatic carboxylic acids is 1. The molecule has 0 aliphatic heterocycles. The van der Waals surface area contributed by atoms with Gasteiger partial charge in [-0.15, -0.1) is 0 Å². The Morgan fingerprint density at radius 3 is 2.71 bits per heavy atom. The monoisotopic (exact) mass is 301 g/mol. The zero-order chi connectivity index (χ0) is 13.0. The highest BCUT2D eigenvalue weighted by Gasteiger charge is 2.19. The molecule has 0 heterocycles. The predicted molar refractivity (Wildman–Crippen MR) is 69.1 cm³/mol. The lowest BCUT2D eigenvalue weighted by atomic mass is 10.1. The van der Waals surface area contributed by atoms with E-state index in [9.17, 15) is 4.79 Å². The van der Waals surface area contributed by atoms with E-state index in [2.05, 4.69) is 15.9 Å². The molecule has 17 heavy (non-hydrogen) atoms. The second kappa shape index (κ2) is 6.02. The van der Waals surface area contributed by atoms with E-state index in [4.69, 9.17) is 15.6 Å². The van der Waals surface area contributed by atoms with Crippen molar-refractivity contribution in [3.8, 4) is 5.75 Å². The van der Waals surface area contributed by atoms with Crippen molar-refractivity contribution in [3.05, 3.63) is 28.2 Å². The molecule has 0 bridgehead atoms. The van der Waals surface area contributed by atoms with Gasteiger partial charge in [0.25, 0.3) is 0 Å². The number of benzene rings is 1. The lowest BCUT2D eigenvalue weighted by Gasteiger charge is -2.18. The van der Waals surface area contributed by atoms with Gasteiger partial charge in [0.1, 0.15) is 5.75 Å². The summed E-state index contributed by atoms with van der Waals surface area (Å²) in [4.78, 5) is 10.9. The average molecular weight is 302 g/mol. The third-order valence-corrected chi connectivity index (χ3v) is 2.87. The molecule has 0 aliphatic rings. The number of rotatable bonds is 5. The first kappa shape index (κ1) is 14.0. The smallest absolute Gasteiger partial charge is 0.344 e. The van der Waals surface area contributed by atoms with E-state index >= 15 is 0 Å². The van der Waals surface area contributed by atoms with Crippen molar-refractivity contribution in [2.75, 3.05) is 0 Å². The van der Waals surface area contributed by atoms with Crippen LogP contribution in [0, 0.1) is 0 Å². The first-order valence-electron chi connectivity index (χ1n) is 5.40. The van der Waals surface area contributed by atoms with Crippen LogP contribution in [0.2, 0.25) is 0 Å². The summed E-state index contributed by atoms with van der Waals surface area (Å²) in [6, 6.07) is 5.22. The van der Waals surface area contributed by atoms with Crippen LogP contribution in [0.5, 0.6) is 5.75 Å². The second-order valence-corrected chi connectivity index (χ2v) is 4.74. The number of hydrogen-bond donors (Lipinski definition) is 2. The van der Waals surface area contributed by atoms with E-state index < -0.39 is 12.1 Å². The minimum Gasteiger partial charge on any atom is -0.479 e. The minimum atomic E-state index is -0.969. The molecule has 1 aromatic carbocycles. The van der Waals surface area contributed by atoms with Gasteiger partial charge >= 0.3 is 5.97 Å². The quantitative estimate of drug-likeness (QED) is 0.877. The van der Waals surface area contributed by atoms with Gasteiger partial charge < -0.3 is 15.6 Å². The molecule has 94 valence electrons. The zero-order valence-corrected chi connectivity index (χ0v) is 11.4. The summed E-state index contributed by atoms with van der Waals surface area (Å²) in [5.74, 6) is -0.452. The van der Waals surface area contributed by atoms with Crippen molar-refractivity contribution in [2.24, 2.45) is 5.73 Å². The SMILES string of the molecule is CCC(Oc1cc(Br)ccc1[C@@H](C)N)C(=O)O. The molecule has 0 aromatic heterocycles. The van der Waals surface area contributed by atoms with Gasteiger partial charge in [-0.05, 0) is 25.5 Å². The molecule has 1 rings (SSSR count). The van der Waals surface area contributed by atoms with E-state index in [1.165, 1.54) is 0 Å². The van der Waals surface area contributed by atoms with Crippen LogP contribution in [-0.2, 0) is 4.79 Å². The van der Waals surface area contributed by atoms with Crippen LogP contribution < -0.4 is 10.5 Å². The van der Waals surface area contributed by atoms with Crippen molar-refractivity contribution in [1.29, 1.82) is 0 Å². The fraction of sp³-hybridized carbons (Fsp3) is 0.417. The summed E-state index contributed by atoms with van der Waals surface area (Å²) in [5, 5.41) is 8.97. The number of carboxylic acid groups (broad SMARTS) is 1. The Morgan fingerprint density at radius 1 is 1.59 bits per heavy atom. The Balaban J connectivity index is 3.02. The lowest BCUT2D eigenvalue weighted by Crippen LogP contribution is -2.26. The van der Waals surface area contributed by atoms with Crippen molar-refractivity contribution < 1.29 is 14.6 Å². The van der Waals surface area contributed by atoms with Crippen LogP contribution in [0.3, 0.4) is 0 Å². The van der Waals surface area contributed by atoms with Crippen LogP contribution in [0.25, 0.3) is 0 Å². The fourth-order valence-corrected chi connectivity index (χ4v) is 1.79. The highest BCUT2D eigenvalue weighted by atomic mass is 79.9. The predicted octanol–water partition coefficient (Wildman–Crippen LogP) is 2.71. The first-order chi connectivity index (χ1) is 7.95. The summed E-state index contributed by atoms with van der Waals surface area (Å²) in [7, 11) is 0. The van der Waals surface area contributed by atoms with Crippen molar-refractivity contribution in [3.63, 3.8) is 0 Å². The third-order valence-electron chi connectivity index (χ3n) is 2.38. The molecule has 4 nitrogen and oxygen atoms in total. The van der Waals surface area contributed by atoms with Crippen LogP contribution in [0.4, 0.5) is 0 Å². The van der Waals surface area contributed by atoms with Crippen LogP contribution in [0.15, 0.2) is 22.7 Å². The van der Waals surface area contributed by atoms with Crippen LogP contribution in [-0.4, -0.2) is 17.2 Å². The number of carbonyl (C=O) groups is 1. The number of carboxylic acids is 1. The number of hydrogen-bond acceptors (Lipinski definition) is 3. The Hall–Kier alpha value is -1.07. The van der Waals surface area contributed by atoms with E-state index in [0.717, 1.165) is 10.0 Å². The number of nitrogens with two attached hydrogens (primary N) is 1. The largest absolute Gasteiger partial charge is 0.479 e. The van der Waals surface area contributed by atoms with Gasteiger partial charge in [0, 0.05) is 16.1 Å². The summed E-state index contributed by atoms with van der Waals surface area (Å²) < 4.78 is 6.32. The number of halogens is 1. The highest BCUT2D eigenvalue weighted by Crippen LogP contribution is 2.28. The third kappa shape index (κ3) is 3.71. The summed E-state index contributed by atoms with van der Waals surface area (Å²) in [6.07, 6.45) is -0.443. The Labute approximate surface area is 109 Å². The molecule has 0 saturated carbocycles. The normalized spacial score (nSPS) is 14.1. The lowest BCUT2D eigenvalue weighted by molar-refractivity contribution is -0.145. The maximum Gasteiger partial charge on any atom is 0.344 e. The molecule has 0 saturated heterocycles. The van der Waals surface area contributed by atoms with Gasteiger partial charge in [-0.25, -0.2) is 4.79 Å². The molecule has 2 atom stereocenters. The minimum absolute atomic E-state index is 0.204. The van der Waals surface area contributed by atoms with Gasteiger partial charge in [-0.1, -0.05) is 28.9 Å². The van der Waals surface area contributed by atoms with E-state index in [1.807, 2.05) is 19.1 Å². The van der Waals surface area contributed by atoms with E-state index in [-0.39, 0.29) is 6.04 Å². The topological polar surface area (TPSA) is 72.5 Å². The Kier molecular flexibility index (Phi) is 4.96. The Morgan fingerprint density at radius 2 is 2.24 bits per heavy atom. The molecule has 0 radical (unpaired) electrons. The average Bonchev–Trinajstić information content (AvgIpc) is 2.25. The summed E-state index contributed by atoms with van der Waals surface area (Å²) in [5.41, 5.74) is 6.61. The summed E-state index contributed by atoms with van der Waals surface area (Å²) >= 11 is 3.33. The molecule has 1 aromatic rings. The van der Waals surface area contributed by atoms with Crippen LogP contribution in [0.1, 0.15) is 31.9 Å². The van der Waals surface area contributed by atoms with E-state index in [1.54, 1.807) is 13.0 Å². The van der Waals surface area contributed by atoms with Crippen molar-refractivity contribution in [2.45, 2.75) is 32.4 Å². The molecular formula is C12H16BrNO3. The van der Waals surface area contributed by atoms with Crippen molar-refractivity contribution in [1.82, 2.24) is 0 Å². The van der Waals surface area contributed by atoms with Gasteiger partial charge in [0.2, 0.25) is 0 Å². The van der Waals surface area contributed by atoms with Gasteiger partial charge in [-0.3, -0.25) is 0 Å². The molecule has 5 heteroatoms. The molecule has 0 amide bonds. The Bertz CT molecular complexity index is 407. The van der Waals surface area contributed by atoms with Gasteiger partial charge in [0.15, 0.2) is 6.10 Å². The van der Waals surface area contributed by atoms with Gasteiger partial charge in [0.05, 0.1) is 0 Å². The van der Waals surface area contributed by atoms with Gasteiger partial charge in [-0.2, -0.15) is 0 Å². The van der Waals surface area contributed by atoms with Crippen molar-refractivity contribution >= 4 is 21.9 Å². The molecular weight excluding hydrogens is 286 g/mol. The molecule has 0 aliphatic carbocycles. The maximum absolute atomic E-state index is 10.9. The molecule has 1 unspecified atom stereocenters. The maximum atomic E-state index is 10.9. The van der Waals surface area contributed by atoms with E-state index in [0.29, 0.717) is 12.2 Å². The standard InChI is InChI=1S/C12H16BrNO3/c1-3-10(12(15)16)17-11-6-8(13)4-5-9(11)7(2)14/h4-7,10H,3,14H2,1-2H3,(H,15,16)/t7-,10?/m1/s1. The highest BCUT2D eigenvalue weighted by molar-refractivity contribution is 9.10. The first-order valence-corrected chi connectivity index (χ1v) is 6.19. The van der Waals surface area contributed by atoms with Crippen LogP contribution >= 0.6 is 15.9 Å². The molecule has 0 fully saturated rings. The summed E-state index contributed by atoms with van der Waals surface area (Å²) in [6.45, 7) is 3.60. The molecule has 0 spiro atoms. The molecule has 3 N–H and O–H groups in total. The second-order valence-electron chi connectivity index (χ2n) is 3.82.